The molecule has 0 aliphatic carbocycles. The van der Waals surface area contributed by atoms with E-state index < -0.39 is 22.0 Å². The molecule has 0 spiro atoms. The van der Waals surface area contributed by atoms with Crippen LogP contribution in [-0.4, -0.2) is 37.5 Å². The van der Waals surface area contributed by atoms with Crippen molar-refractivity contribution in [2.45, 2.75) is 12.5 Å². The van der Waals surface area contributed by atoms with E-state index in [-0.39, 0.29) is 5.75 Å². The van der Waals surface area contributed by atoms with Gasteiger partial charge >= 0.3 is 0 Å². The molecule has 1 atom stereocenters. The van der Waals surface area contributed by atoms with Gasteiger partial charge < -0.3 is 5.73 Å². The highest BCUT2D eigenvalue weighted by Crippen LogP contribution is 2.17. The minimum Gasteiger partial charge on any atom is -0.368 e. The average molecular weight is 178 g/mol. The van der Waals surface area contributed by atoms with Crippen molar-refractivity contribution >= 4 is 15.9 Å². The molecule has 1 fully saturated rings. The predicted molar refractivity (Wildman–Crippen MR) is 39.1 cm³/mol. The summed E-state index contributed by atoms with van der Waals surface area (Å²) in [4.78, 5) is 10.6. The Bertz CT molecular complexity index is 271. The van der Waals surface area contributed by atoms with E-state index in [2.05, 4.69) is 0 Å². The van der Waals surface area contributed by atoms with Crippen molar-refractivity contribution in [3.63, 3.8) is 0 Å². The fourth-order valence-electron chi connectivity index (χ4n) is 1.10. The highest BCUT2D eigenvalue weighted by molar-refractivity contribution is 7.89. The van der Waals surface area contributed by atoms with E-state index >= 15 is 0 Å². The molecule has 0 aromatic rings. The Hall–Kier alpha value is -0.620. The van der Waals surface area contributed by atoms with Crippen LogP contribution in [0.2, 0.25) is 0 Å². The molecular weight excluding hydrogens is 168 g/mol. The summed E-state index contributed by atoms with van der Waals surface area (Å²) in [5, 5.41) is 0. The second kappa shape index (κ2) is 2.46. The molecule has 6 heteroatoms. The van der Waals surface area contributed by atoms with Gasteiger partial charge in [-0.1, -0.05) is 0 Å². The summed E-state index contributed by atoms with van der Waals surface area (Å²) in [6.45, 7) is 0. The molecule has 1 amide bonds. The Morgan fingerprint density at radius 3 is 2.36 bits per heavy atom. The summed E-state index contributed by atoms with van der Waals surface area (Å²) in [5.41, 5.74) is 4.96. The van der Waals surface area contributed by atoms with E-state index in [1.54, 1.807) is 0 Å². The third-order valence-corrected chi connectivity index (χ3v) is 3.74. The molecule has 1 rings (SSSR count). The first kappa shape index (κ1) is 8.48. The zero-order chi connectivity index (χ0) is 8.65. The number of nitrogens with two attached hydrogens (primary N) is 1. The van der Waals surface area contributed by atoms with Crippen LogP contribution >= 0.6 is 0 Å². The van der Waals surface area contributed by atoms with E-state index in [4.69, 9.17) is 5.73 Å². The number of sulfonamides is 1. The second-order valence-electron chi connectivity index (χ2n) is 2.54. The first-order chi connectivity index (χ1) is 4.95. The van der Waals surface area contributed by atoms with Crippen LogP contribution in [0.15, 0.2) is 0 Å². The van der Waals surface area contributed by atoms with Crippen molar-refractivity contribution in [2.75, 3.05) is 12.8 Å². The zero-order valence-corrected chi connectivity index (χ0v) is 6.97. The van der Waals surface area contributed by atoms with Crippen molar-refractivity contribution in [3.05, 3.63) is 0 Å². The minimum absolute atomic E-state index is 0.0249. The Labute approximate surface area is 65.2 Å². The van der Waals surface area contributed by atoms with Gasteiger partial charge in [0.05, 0.1) is 5.75 Å². The first-order valence-electron chi connectivity index (χ1n) is 3.20. The maximum atomic E-state index is 11.0. The third kappa shape index (κ3) is 1.36. The van der Waals surface area contributed by atoms with Crippen LogP contribution in [-0.2, 0) is 14.8 Å². The lowest BCUT2D eigenvalue weighted by molar-refractivity contribution is -0.121. The SMILES string of the molecule is CN1C(C(N)=O)CCS1(=O)=O. The topological polar surface area (TPSA) is 80.5 Å². The summed E-state index contributed by atoms with van der Waals surface area (Å²) in [6.07, 6.45) is 0.314. The summed E-state index contributed by atoms with van der Waals surface area (Å²) in [5.74, 6) is -0.550. The highest BCUT2D eigenvalue weighted by Gasteiger charge is 2.37. The van der Waals surface area contributed by atoms with Crippen molar-refractivity contribution in [1.82, 2.24) is 4.31 Å². The van der Waals surface area contributed by atoms with Gasteiger partial charge in [-0.3, -0.25) is 4.79 Å². The van der Waals surface area contributed by atoms with Crippen molar-refractivity contribution < 1.29 is 13.2 Å². The fraction of sp³-hybridized carbons (Fsp3) is 0.800. The fourth-order valence-corrected chi connectivity index (χ4v) is 2.51. The number of hydrogen-bond acceptors (Lipinski definition) is 3. The van der Waals surface area contributed by atoms with Gasteiger partial charge in [0.15, 0.2) is 0 Å². The number of likely N-dealkylation sites (N-methyl/N-ethyl adjacent to an activating group) is 1. The number of nitrogens with zero attached hydrogens (tertiary/aromatic N) is 1. The lowest BCUT2D eigenvalue weighted by atomic mass is 10.2. The smallest absolute Gasteiger partial charge is 0.235 e. The molecular formula is C5H10N2O3S. The van der Waals surface area contributed by atoms with Crippen LogP contribution in [0, 0.1) is 0 Å². The number of carbonyl (C=O) groups is 1. The number of amides is 1. The predicted octanol–water partition coefficient (Wildman–Crippen LogP) is -1.49. The zero-order valence-electron chi connectivity index (χ0n) is 6.15. The average Bonchev–Trinajstić information content (AvgIpc) is 2.09. The first-order valence-corrected chi connectivity index (χ1v) is 4.81. The quantitative estimate of drug-likeness (QED) is 0.531. The van der Waals surface area contributed by atoms with E-state index in [1.807, 2.05) is 0 Å². The molecule has 0 aromatic heterocycles. The van der Waals surface area contributed by atoms with Gasteiger partial charge in [-0.2, -0.15) is 4.31 Å². The maximum Gasteiger partial charge on any atom is 0.235 e. The van der Waals surface area contributed by atoms with Gasteiger partial charge in [-0.25, -0.2) is 8.42 Å². The second-order valence-corrected chi connectivity index (χ2v) is 4.69. The minimum atomic E-state index is -3.19. The summed E-state index contributed by atoms with van der Waals surface area (Å²) < 4.78 is 23.0. The lowest BCUT2D eigenvalue weighted by Crippen LogP contribution is -2.39. The molecule has 1 aliphatic heterocycles. The standard InChI is InChI=1S/C5H10N2O3S/c1-7-4(5(6)8)2-3-11(7,9)10/h4H,2-3H2,1H3,(H2,6,8). The van der Waals surface area contributed by atoms with Gasteiger partial charge in [0.1, 0.15) is 6.04 Å². The molecule has 1 aliphatic rings. The van der Waals surface area contributed by atoms with Crippen molar-refractivity contribution in [2.24, 2.45) is 5.73 Å². The van der Waals surface area contributed by atoms with Crippen molar-refractivity contribution in [1.29, 1.82) is 0 Å². The Kier molecular flexibility index (Phi) is 1.89. The molecule has 11 heavy (non-hydrogen) atoms. The molecule has 1 saturated heterocycles. The van der Waals surface area contributed by atoms with E-state index in [1.165, 1.54) is 7.05 Å². The van der Waals surface area contributed by atoms with Gasteiger partial charge in [0.2, 0.25) is 15.9 Å². The van der Waals surface area contributed by atoms with Gasteiger partial charge in [-0.15, -0.1) is 0 Å². The number of rotatable bonds is 1. The van der Waals surface area contributed by atoms with Gasteiger partial charge in [-0.05, 0) is 6.42 Å². The monoisotopic (exact) mass is 178 g/mol. The van der Waals surface area contributed by atoms with Crippen LogP contribution in [0.3, 0.4) is 0 Å². The summed E-state index contributed by atoms with van der Waals surface area (Å²) in [6, 6.07) is -0.639. The lowest BCUT2D eigenvalue weighted by Gasteiger charge is -2.13. The molecule has 1 heterocycles. The van der Waals surface area contributed by atoms with Crippen LogP contribution in [0.5, 0.6) is 0 Å². The molecule has 5 nitrogen and oxygen atoms in total. The Balaban J connectivity index is 2.88. The largest absolute Gasteiger partial charge is 0.368 e. The third-order valence-electron chi connectivity index (χ3n) is 1.86. The molecule has 1 unspecified atom stereocenters. The number of carbonyl (C=O) groups excluding carboxylic acids is 1. The normalized spacial score (nSPS) is 30.5. The number of hydrogen-bond donors (Lipinski definition) is 1. The van der Waals surface area contributed by atoms with Crippen LogP contribution in [0.4, 0.5) is 0 Å². The van der Waals surface area contributed by atoms with E-state index in [0.29, 0.717) is 6.42 Å². The molecule has 0 aromatic carbocycles. The van der Waals surface area contributed by atoms with Crippen LogP contribution in [0.1, 0.15) is 6.42 Å². The van der Waals surface area contributed by atoms with Gasteiger partial charge in [0, 0.05) is 7.05 Å². The molecule has 0 saturated carbocycles. The van der Waals surface area contributed by atoms with E-state index in [9.17, 15) is 13.2 Å². The van der Waals surface area contributed by atoms with Crippen LogP contribution < -0.4 is 5.73 Å². The summed E-state index contributed by atoms with van der Waals surface area (Å²) in [7, 11) is -1.81. The van der Waals surface area contributed by atoms with E-state index in [0.717, 1.165) is 4.31 Å². The Morgan fingerprint density at radius 2 is 2.18 bits per heavy atom. The van der Waals surface area contributed by atoms with Crippen LogP contribution in [0.25, 0.3) is 0 Å². The molecule has 2 N–H and O–H groups in total. The Morgan fingerprint density at radius 1 is 1.64 bits per heavy atom. The molecule has 0 bridgehead atoms. The number of primary amides is 1. The summed E-state index contributed by atoms with van der Waals surface area (Å²) >= 11 is 0. The van der Waals surface area contributed by atoms with Gasteiger partial charge in [0.25, 0.3) is 0 Å². The van der Waals surface area contributed by atoms with Crippen molar-refractivity contribution in [3.8, 4) is 0 Å². The molecule has 0 radical (unpaired) electrons. The highest BCUT2D eigenvalue weighted by atomic mass is 32.2. The molecule has 64 valence electrons. The maximum absolute atomic E-state index is 11.0.